The van der Waals surface area contributed by atoms with Crippen molar-refractivity contribution in [2.24, 2.45) is 0 Å². The van der Waals surface area contributed by atoms with Crippen LogP contribution in [0.1, 0.15) is 53.4 Å². The predicted octanol–water partition coefficient (Wildman–Crippen LogP) is 2.79. The summed E-state index contributed by atoms with van der Waals surface area (Å²) in [6, 6.07) is 0.373. The molecular weight excluding hydrogens is 268 g/mol. The lowest BCUT2D eigenvalue weighted by molar-refractivity contribution is 0.0186. The van der Waals surface area contributed by atoms with E-state index in [1.54, 1.807) is 0 Å². The average molecular weight is 300 g/mol. The van der Waals surface area contributed by atoms with E-state index in [-0.39, 0.29) is 6.09 Å². The largest absolute Gasteiger partial charge is 0.444 e. The molecule has 124 valence electrons. The van der Waals surface area contributed by atoms with Crippen LogP contribution in [-0.4, -0.2) is 55.5 Å². The van der Waals surface area contributed by atoms with E-state index in [0.717, 1.165) is 58.5 Å². The van der Waals surface area contributed by atoms with Crippen molar-refractivity contribution < 1.29 is 14.3 Å². The summed E-state index contributed by atoms with van der Waals surface area (Å²) in [6.45, 7) is 12.0. The van der Waals surface area contributed by atoms with E-state index in [1.807, 2.05) is 25.7 Å². The van der Waals surface area contributed by atoms with Crippen LogP contribution in [-0.2, 0) is 9.47 Å². The molecule has 1 unspecified atom stereocenters. The number of ether oxygens (including phenoxy) is 2. The van der Waals surface area contributed by atoms with Gasteiger partial charge < -0.3 is 19.7 Å². The first-order valence-electron chi connectivity index (χ1n) is 8.21. The van der Waals surface area contributed by atoms with E-state index in [1.165, 1.54) is 0 Å². The molecule has 21 heavy (non-hydrogen) atoms. The molecule has 0 saturated carbocycles. The molecule has 1 heterocycles. The monoisotopic (exact) mass is 300 g/mol. The minimum Gasteiger partial charge on any atom is -0.444 e. The summed E-state index contributed by atoms with van der Waals surface area (Å²) in [5, 5.41) is 3.52. The van der Waals surface area contributed by atoms with Crippen molar-refractivity contribution >= 4 is 6.09 Å². The van der Waals surface area contributed by atoms with Gasteiger partial charge >= 0.3 is 6.09 Å². The molecule has 0 spiro atoms. The lowest BCUT2D eigenvalue weighted by atomic mass is 10.1. The summed E-state index contributed by atoms with van der Waals surface area (Å²) < 4.78 is 10.9. The van der Waals surface area contributed by atoms with Gasteiger partial charge in [0, 0.05) is 32.3 Å². The lowest BCUT2D eigenvalue weighted by Crippen LogP contribution is -2.49. The molecule has 0 aliphatic carbocycles. The van der Waals surface area contributed by atoms with Crippen LogP contribution in [0.3, 0.4) is 0 Å². The van der Waals surface area contributed by atoms with Crippen LogP contribution >= 0.6 is 0 Å². The van der Waals surface area contributed by atoms with Crippen molar-refractivity contribution in [2.75, 3.05) is 32.8 Å². The number of carbonyl (C=O) groups is 1. The zero-order valence-corrected chi connectivity index (χ0v) is 14.1. The maximum Gasteiger partial charge on any atom is 0.410 e. The Bertz CT molecular complexity index is 302. The molecule has 5 nitrogen and oxygen atoms in total. The molecule has 0 bridgehead atoms. The molecule has 1 rings (SSSR count). The third kappa shape index (κ3) is 8.27. The Morgan fingerprint density at radius 2 is 2.10 bits per heavy atom. The van der Waals surface area contributed by atoms with Gasteiger partial charge in [-0.15, -0.1) is 0 Å². The van der Waals surface area contributed by atoms with Gasteiger partial charge in [-0.3, -0.25) is 0 Å². The third-order valence-corrected chi connectivity index (χ3v) is 3.32. The summed E-state index contributed by atoms with van der Waals surface area (Å²) in [6.07, 6.45) is 4.04. The number of piperidine rings is 1. The number of hydrogen-bond acceptors (Lipinski definition) is 4. The molecule has 0 radical (unpaired) electrons. The van der Waals surface area contributed by atoms with E-state index in [0.29, 0.717) is 6.04 Å². The SMILES string of the molecule is CCCOCCCNC1CCCN(C(=O)OC(C)(C)C)C1. The number of hydrogen-bond donors (Lipinski definition) is 1. The van der Waals surface area contributed by atoms with Crippen molar-refractivity contribution in [3.8, 4) is 0 Å². The van der Waals surface area contributed by atoms with Crippen molar-refractivity contribution in [3.05, 3.63) is 0 Å². The first-order valence-corrected chi connectivity index (χ1v) is 8.21. The molecule has 5 heteroatoms. The summed E-state index contributed by atoms with van der Waals surface area (Å²) in [7, 11) is 0. The van der Waals surface area contributed by atoms with Crippen molar-refractivity contribution in [1.29, 1.82) is 0 Å². The highest BCUT2D eigenvalue weighted by molar-refractivity contribution is 5.68. The number of likely N-dealkylation sites (tertiary alicyclic amines) is 1. The van der Waals surface area contributed by atoms with Gasteiger partial charge in [0.05, 0.1) is 0 Å². The van der Waals surface area contributed by atoms with Gasteiger partial charge in [0.15, 0.2) is 0 Å². The van der Waals surface area contributed by atoms with E-state index < -0.39 is 5.60 Å². The fourth-order valence-corrected chi connectivity index (χ4v) is 2.36. The zero-order chi connectivity index (χ0) is 15.7. The van der Waals surface area contributed by atoms with Crippen molar-refractivity contribution in [2.45, 2.75) is 65.0 Å². The standard InChI is InChI=1S/C16H32N2O3/c1-5-11-20-12-7-9-17-14-8-6-10-18(13-14)15(19)21-16(2,3)4/h14,17H,5-13H2,1-4H3. The minimum absolute atomic E-state index is 0.194. The van der Waals surface area contributed by atoms with E-state index in [2.05, 4.69) is 12.2 Å². The summed E-state index contributed by atoms with van der Waals surface area (Å²) in [5.74, 6) is 0. The summed E-state index contributed by atoms with van der Waals surface area (Å²) in [4.78, 5) is 13.9. The molecule has 1 aliphatic rings. The van der Waals surface area contributed by atoms with E-state index >= 15 is 0 Å². The average Bonchev–Trinajstić information content (AvgIpc) is 2.41. The molecule has 1 amide bonds. The van der Waals surface area contributed by atoms with E-state index in [9.17, 15) is 4.79 Å². The first kappa shape index (κ1) is 18.2. The fourth-order valence-electron chi connectivity index (χ4n) is 2.36. The number of carbonyl (C=O) groups excluding carboxylic acids is 1. The van der Waals surface area contributed by atoms with Gasteiger partial charge in [0.2, 0.25) is 0 Å². The second-order valence-electron chi connectivity index (χ2n) is 6.69. The topological polar surface area (TPSA) is 50.8 Å². The van der Waals surface area contributed by atoms with Crippen LogP contribution in [0.4, 0.5) is 4.79 Å². The fraction of sp³-hybridized carbons (Fsp3) is 0.938. The van der Waals surface area contributed by atoms with E-state index in [4.69, 9.17) is 9.47 Å². The molecule has 1 fully saturated rings. The Balaban J connectivity index is 2.21. The molecule has 1 atom stereocenters. The van der Waals surface area contributed by atoms with Gasteiger partial charge in [-0.05, 0) is 53.0 Å². The minimum atomic E-state index is -0.423. The van der Waals surface area contributed by atoms with Crippen LogP contribution in [0.15, 0.2) is 0 Å². The van der Waals surface area contributed by atoms with Gasteiger partial charge in [0.25, 0.3) is 0 Å². The first-order chi connectivity index (χ1) is 9.92. The Morgan fingerprint density at radius 1 is 1.33 bits per heavy atom. The maximum absolute atomic E-state index is 12.1. The van der Waals surface area contributed by atoms with Crippen LogP contribution in [0.2, 0.25) is 0 Å². The quantitative estimate of drug-likeness (QED) is 0.735. The second-order valence-corrected chi connectivity index (χ2v) is 6.69. The Hall–Kier alpha value is -0.810. The zero-order valence-electron chi connectivity index (χ0n) is 14.1. The van der Waals surface area contributed by atoms with Crippen molar-refractivity contribution in [1.82, 2.24) is 10.2 Å². The number of rotatable bonds is 7. The van der Waals surface area contributed by atoms with Gasteiger partial charge in [-0.2, -0.15) is 0 Å². The van der Waals surface area contributed by atoms with Gasteiger partial charge in [-0.1, -0.05) is 6.92 Å². The molecule has 0 aromatic rings. The maximum atomic E-state index is 12.1. The molecule has 0 aromatic heterocycles. The Morgan fingerprint density at radius 3 is 2.76 bits per heavy atom. The molecule has 1 N–H and O–H groups in total. The Labute approximate surface area is 129 Å². The van der Waals surface area contributed by atoms with Crippen LogP contribution in [0.25, 0.3) is 0 Å². The summed E-state index contributed by atoms with van der Waals surface area (Å²) >= 11 is 0. The Kier molecular flexibility index (Phi) is 8.04. The van der Waals surface area contributed by atoms with Crippen LogP contribution < -0.4 is 5.32 Å². The van der Waals surface area contributed by atoms with Crippen molar-refractivity contribution in [3.63, 3.8) is 0 Å². The summed E-state index contributed by atoms with van der Waals surface area (Å²) in [5.41, 5.74) is -0.423. The third-order valence-electron chi connectivity index (χ3n) is 3.32. The molecule has 0 aromatic carbocycles. The van der Waals surface area contributed by atoms with Gasteiger partial charge in [-0.25, -0.2) is 4.79 Å². The molecule has 1 saturated heterocycles. The number of nitrogens with zero attached hydrogens (tertiary/aromatic N) is 1. The highest BCUT2D eigenvalue weighted by Crippen LogP contribution is 2.15. The van der Waals surface area contributed by atoms with Gasteiger partial charge in [0.1, 0.15) is 5.60 Å². The smallest absolute Gasteiger partial charge is 0.410 e. The van der Waals surface area contributed by atoms with Crippen LogP contribution in [0, 0.1) is 0 Å². The lowest BCUT2D eigenvalue weighted by Gasteiger charge is -2.34. The number of nitrogens with one attached hydrogen (secondary N) is 1. The highest BCUT2D eigenvalue weighted by Gasteiger charge is 2.27. The number of amides is 1. The predicted molar refractivity (Wildman–Crippen MR) is 84.6 cm³/mol. The normalized spacial score (nSPS) is 19.6. The second kappa shape index (κ2) is 9.26. The molecule has 1 aliphatic heterocycles. The highest BCUT2D eigenvalue weighted by atomic mass is 16.6. The molecular formula is C16H32N2O3. The van der Waals surface area contributed by atoms with Crippen LogP contribution in [0.5, 0.6) is 0 Å².